The van der Waals surface area contributed by atoms with E-state index in [9.17, 15) is 4.39 Å². The Hall–Kier alpha value is -1.41. The van der Waals surface area contributed by atoms with Gasteiger partial charge in [0.05, 0.1) is 11.6 Å². The van der Waals surface area contributed by atoms with Crippen molar-refractivity contribution >= 4 is 23.2 Å². The average Bonchev–Trinajstić information content (AvgIpc) is 2.63. The minimum Gasteiger partial charge on any atom is -0.395 e. The topological polar surface area (TPSA) is 77.1 Å². The summed E-state index contributed by atoms with van der Waals surface area (Å²) in [6.07, 6.45) is 0. The van der Waals surface area contributed by atoms with Crippen molar-refractivity contribution < 1.29 is 9.50 Å². The number of nitrogens with zero attached hydrogens (tertiary/aromatic N) is 3. The fraction of sp³-hybridized carbons (Fsp3) is 0.611. The van der Waals surface area contributed by atoms with Gasteiger partial charge in [-0.1, -0.05) is 25.4 Å². The molecule has 4 N–H and O–H groups in total. The van der Waals surface area contributed by atoms with Gasteiger partial charge in [0.15, 0.2) is 5.96 Å². The molecular formula is C18H29ClFN5O. The molecule has 1 aromatic rings. The number of anilines is 1. The van der Waals surface area contributed by atoms with E-state index in [-0.39, 0.29) is 17.0 Å². The van der Waals surface area contributed by atoms with Crippen molar-refractivity contribution in [2.45, 2.75) is 13.8 Å². The van der Waals surface area contributed by atoms with Gasteiger partial charge in [-0.25, -0.2) is 4.39 Å². The molecule has 1 saturated heterocycles. The highest BCUT2D eigenvalue weighted by atomic mass is 35.5. The van der Waals surface area contributed by atoms with Crippen LogP contribution in [0.4, 0.5) is 10.1 Å². The molecule has 1 aliphatic rings. The van der Waals surface area contributed by atoms with Crippen LogP contribution in [-0.4, -0.2) is 73.3 Å². The van der Waals surface area contributed by atoms with Crippen LogP contribution in [0.25, 0.3) is 0 Å². The van der Waals surface area contributed by atoms with Crippen LogP contribution < -0.4 is 11.1 Å². The number of benzene rings is 1. The summed E-state index contributed by atoms with van der Waals surface area (Å²) < 4.78 is 13.4. The summed E-state index contributed by atoms with van der Waals surface area (Å²) in [6, 6.07) is 4.54. The Morgan fingerprint density at radius 2 is 2.04 bits per heavy atom. The zero-order valence-corrected chi connectivity index (χ0v) is 16.3. The van der Waals surface area contributed by atoms with E-state index in [4.69, 9.17) is 27.4 Å². The molecule has 0 aromatic heterocycles. The Kier molecular flexibility index (Phi) is 7.64. The summed E-state index contributed by atoms with van der Waals surface area (Å²) in [6.45, 7) is 9.41. The second kappa shape index (κ2) is 9.50. The number of hydrogen-bond donors (Lipinski definition) is 3. The molecule has 0 saturated carbocycles. The van der Waals surface area contributed by atoms with Crippen molar-refractivity contribution in [3.05, 3.63) is 29.0 Å². The van der Waals surface area contributed by atoms with Gasteiger partial charge in [-0.2, -0.15) is 0 Å². The normalized spacial score (nSPS) is 16.8. The van der Waals surface area contributed by atoms with E-state index in [2.05, 4.69) is 29.0 Å². The lowest BCUT2D eigenvalue weighted by Gasteiger charge is -2.36. The number of piperazine rings is 1. The second-order valence-corrected chi connectivity index (χ2v) is 7.72. The quantitative estimate of drug-likeness (QED) is 0.514. The summed E-state index contributed by atoms with van der Waals surface area (Å²) >= 11 is 5.89. The molecule has 6 nitrogen and oxygen atoms in total. The van der Waals surface area contributed by atoms with Gasteiger partial charge in [-0.15, -0.1) is 0 Å². The molecule has 8 heteroatoms. The minimum atomic E-state index is -0.447. The Morgan fingerprint density at radius 1 is 1.35 bits per heavy atom. The maximum absolute atomic E-state index is 13.4. The molecule has 0 unspecified atom stereocenters. The molecule has 0 atom stereocenters. The molecule has 146 valence electrons. The first kappa shape index (κ1) is 20.9. The molecule has 2 rings (SSSR count). The number of nitrogens with one attached hydrogen (secondary N) is 1. The SMILES string of the molecule is CC(C)(CN)CN=C(Nc1ccc(F)c(Cl)c1)N1CCN(CCO)CC1. The van der Waals surface area contributed by atoms with Crippen molar-refractivity contribution in [3.63, 3.8) is 0 Å². The lowest BCUT2D eigenvalue weighted by atomic mass is 9.94. The molecule has 1 heterocycles. The molecule has 1 aliphatic heterocycles. The van der Waals surface area contributed by atoms with Crippen molar-refractivity contribution in [1.82, 2.24) is 9.80 Å². The van der Waals surface area contributed by atoms with Gasteiger partial charge in [0.2, 0.25) is 0 Å². The third kappa shape index (κ3) is 6.09. The largest absolute Gasteiger partial charge is 0.395 e. The minimum absolute atomic E-state index is 0.0735. The molecule has 0 radical (unpaired) electrons. The highest BCUT2D eigenvalue weighted by Gasteiger charge is 2.21. The Labute approximate surface area is 159 Å². The molecule has 1 aromatic carbocycles. The number of β-amino-alcohol motifs (C(OH)–C–C–N with tert-alkyl or cyclic N) is 1. The highest BCUT2D eigenvalue weighted by Crippen LogP contribution is 2.20. The summed E-state index contributed by atoms with van der Waals surface area (Å²) in [5.74, 6) is 0.287. The number of aliphatic hydroxyl groups is 1. The maximum atomic E-state index is 13.4. The first-order chi connectivity index (χ1) is 12.3. The van der Waals surface area contributed by atoms with Crippen LogP contribution in [0.15, 0.2) is 23.2 Å². The summed E-state index contributed by atoms with van der Waals surface area (Å²) in [5, 5.41) is 12.4. The van der Waals surface area contributed by atoms with E-state index >= 15 is 0 Å². The zero-order chi connectivity index (χ0) is 19.2. The Balaban J connectivity index is 2.13. The Bertz CT molecular complexity index is 618. The van der Waals surface area contributed by atoms with Crippen LogP contribution >= 0.6 is 11.6 Å². The summed E-state index contributed by atoms with van der Waals surface area (Å²) in [7, 11) is 0. The number of nitrogens with two attached hydrogens (primary N) is 1. The smallest absolute Gasteiger partial charge is 0.198 e. The van der Waals surface area contributed by atoms with Crippen LogP contribution in [0.1, 0.15) is 13.8 Å². The van der Waals surface area contributed by atoms with Gasteiger partial charge in [0.25, 0.3) is 0 Å². The van der Waals surface area contributed by atoms with Gasteiger partial charge in [-0.3, -0.25) is 9.89 Å². The first-order valence-corrected chi connectivity index (χ1v) is 9.27. The fourth-order valence-electron chi connectivity index (χ4n) is 2.60. The fourth-order valence-corrected chi connectivity index (χ4v) is 2.78. The monoisotopic (exact) mass is 385 g/mol. The van der Waals surface area contributed by atoms with Crippen LogP contribution in [0.3, 0.4) is 0 Å². The first-order valence-electron chi connectivity index (χ1n) is 8.89. The molecule has 0 aliphatic carbocycles. The van der Waals surface area contributed by atoms with E-state index in [1.807, 2.05) is 0 Å². The van der Waals surface area contributed by atoms with E-state index in [1.165, 1.54) is 6.07 Å². The van der Waals surface area contributed by atoms with Gasteiger partial charge in [0.1, 0.15) is 5.82 Å². The molecule has 1 fully saturated rings. The average molecular weight is 386 g/mol. The molecular weight excluding hydrogens is 357 g/mol. The number of rotatable bonds is 6. The van der Waals surface area contributed by atoms with E-state index < -0.39 is 5.82 Å². The maximum Gasteiger partial charge on any atom is 0.198 e. The zero-order valence-electron chi connectivity index (χ0n) is 15.5. The molecule has 0 spiro atoms. The van der Waals surface area contributed by atoms with E-state index in [1.54, 1.807) is 12.1 Å². The Morgan fingerprint density at radius 3 is 2.62 bits per heavy atom. The molecule has 26 heavy (non-hydrogen) atoms. The predicted octanol–water partition coefficient (Wildman–Crippen LogP) is 1.84. The number of aliphatic imine (C=N–C) groups is 1. The van der Waals surface area contributed by atoms with Crippen molar-refractivity contribution in [2.24, 2.45) is 16.1 Å². The van der Waals surface area contributed by atoms with Gasteiger partial charge in [0, 0.05) is 45.0 Å². The third-order valence-electron chi connectivity index (χ3n) is 4.47. The summed E-state index contributed by atoms with van der Waals surface area (Å²) in [4.78, 5) is 9.13. The third-order valence-corrected chi connectivity index (χ3v) is 4.76. The van der Waals surface area contributed by atoms with Gasteiger partial charge >= 0.3 is 0 Å². The standard InChI is InChI=1S/C18H29ClFN5O/c1-18(2,12-21)13-22-17(23-14-3-4-16(20)15(19)11-14)25-7-5-24(6-8-25)9-10-26/h3-4,11,26H,5-10,12-13,21H2,1-2H3,(H,22,23). The molecule has 0 bridgehead atoms. The van der Waals surface area contributed by atoms with Crippen LogP contribution in [0, 0.1) is 11.2 Å². The van der Waals surface area contributed by atoms with Gasteiger partial charge in [-0.05, 0) is 30.2 Å². The molecule has 0 amide bonds. The summed E-state index contributed by atoms with van der Waals surface area (Å²) in [5.41, 5.74) is 6.41. The lowest BCUT2D eigenvalue weighted by Crippen LogP contribution is -2.51. The van der Waals surface area contributed by atoms with Crippen LogP contribution in [0.2, 0.25) is 5.02 Å². The highest BCUT2D eigenvalue weighted by molar-refractivity contribution is 6.31. The lowest BCUT2D eigenvalue weighted by molar-refractivity contribution is 0.147. The van der Waals surface area contributed by atoms with E-state index in [0.29, 0.717) is 25.3 Å². The van der Waals surface area contributed by atoms with Crippen molar-refractivity contribution in [1.29, 1.82) is 0 Å². The van der Waals surface area contributed by atoms with Gasteiger partial charge < -0.3 is 21.1 Å². The van der Waals surface area contributed by atoms with Crippen LogP contribution in [-0.2, 0) is 0 Å². The number of aliphatic hydroxyl groups excluding tert-OH is 1. The van der Waals surface area contributed by atoms with E-state index in [0.717, 1.165) is 32.1 Å². The number of halogens is 2. The number of hydrogen-bond acceptors (Lipinski definition) is 4. The second-order valence-electron chi connectivity index (χ2n) is 7.31. The van der Waals surface area contributed by atoms with Crippen molar-refractivity contribution in [2.75, 3.05) is 57.7 Å². The predicted molar refractivity (Wildman–Crippen MR) is 105 cm³/mol. The van der Waals surface area contributed by atoms with Crippen molar-refractivity contribution in [3.8, 4) is 0 Å². The van der Waals surface area contributed by atoms with Crippen LogP contribution in [0.5, 0.6) is 0 Å². The number of guanidine groups is 1.